The molecule has 1 saturated heterocycles. The molecular formula is C19H28N4O. The number of aromatic nitrogens is 1. The normalized spacial score (nSPS) is 17.9. The maximum Gasteiger partial charge on any atom is 0.255 e. The summed E-state index contributed by atoms with van der Waals surface area (Å²) >= 11 is 0. The quantitative estimate of drug-likeness (QED) is 0.845. The fourth-order valence-corrected chi connectivity index (χ4v) is 3.55. The van der Waals surface area contributed by atoms with Crippen molar-refractivity contribution in [2.24, 2.45) is 0 Å². The minimum absolute atomic E-state index is 0.139. The lowest BCUT2D eigenvalue weighted by atomic mass is 10.2. The highest BCUT2D eigenvalue weighted by molar-refractivity contribution is 5.94. The summed E-state index contributed by atoms with van der Waals surface area (Å²) in [5, 5.41) is 0. The summed E-state index contributed by atoms with van der Waals surface area (Å²) in [6, 6.07) is 8.70. The van der Waals surface area contributed by atoms with Crippen LogP contribution in [0.5, 0.6) is 0 Å². The molecule has 5 nitrogen and oxygen atoms in total. The second kappa shape index (κ2) is 6.85. The van der Waals surface area contributed by atoms with Crippen LogP contribution >= 0.6 is 0 Å². The number of amides is 1. The molecule has 1 fully saturated rings. The van der Waals surface area contributed by atoms with E-state index >= 15 is 0 Å². The van der Waals surface area contributed by atoms with Crippen molar-refractivity contribution in [3.05, 3.63) is 36.0 Å². The summed E-state index contributed by atoms with van der Waals surface area (Å²) in [4.78, 5) is 19.4. The molecule has 1 amide bonds. The Balaban J connectivity index is 1.87. The summed E-state index contributed by atoms with van der Waals surface area (Å²) in [5.74, 6) is 1.29. The first-order valence-corrected chi connectivity index (χ1v) is 8.87. The molecule has 1 aliphatic heterocycles. The van der Waals surface area contributed by atoms with Crippen molar-refractivity contribution < 1.29 is 4.79 Å². The van der Waals surface area contributed by atoms with E-state index in [0.29, 0.717) is 6.04 Å². The molecule has 5 heteroatoms. The fourth-order valence-electron chi connectivity index (χ4n) is 3.55. The summed E-state index contributed by atoms with van der Waals surface area (Å²) in [6.07, 6.45) is 3.05. The predicted octanol–water partition coefficient (Wildman–Crippen LogP) is 2.56. The van der Waals surface area contributed by atoms with Crippen molar-refractivity contribution in [1.29, 1.82) is 0 Å². The van der Waals surface area contributed by atoms with E-state index in [1.54, 1.807) is 0 Å². The van der Waals surface area contributed by atoms with Gasteiger partial charge in [0, 0.05) is 43.9 Å². The van der Waals surface area contributed by atoms with Gasteiger partial charge in [0.15, 0.2) is 0 Å². The van der Waals surface area contributed by atoms with Crippen LogP contribution < -0.4 is 4.90 Å². The molecule has 0 aromatic carbocycles. The van der Waals surface area contributed by atoms with Crippen LogP contribution in [0.4, 0.5) is 5.82 Å². The molecule has 0 N–H and O–H groups in total. The molecule has 1 atom stereocenters. The van der Waals surface area contributed by atoms with Gasteiger partial charge in [-0.15, -0.1) is 0 Å². The number of anilines is 1. The molecule has 0 saturated carbocycles. The van der Waals surface area contributed by atoms with Crippen molar-refractivity contribution in [1.82, 2.24) is 14.2 Å². The van der Waals surface area contributed by atoms with Crippen LogP contribution in [-0.4, -0.2) is 66.4 Å². The van der Waals surface area contributed by atoms with Crippen molar-refractivity contribution in [2.75, 3.05) is 45.2 Å². The van der Waals surface area contributed by atoms with E-state index in [1.165, 1.54) is 0 Å². The molecule has 0 aliphatic carbocycles. The van der Waals surface area contributed by atoms with E-state index in [2.05, 4.69) is 54.3 Å². The lowest BCUT2D eigenvalue weighted by Crippen LogP contribution is -2.34. The van der Waals surface area contributed by atoms with Gasteiger partial charge in [0.25, 0.3) is 5.91 Å². The zero-order valence-electron chi connectivity index (χ0n) is 15.2. The van der Waals surface area contributed by atoms with Crippen molar-refractivity contribution in [3.63, 3.8) is 0 Å². The monoisotopic (exact) mass is 328 g/mol. The van der Waals surface area contributed by atoms with E-state index < -0.39 is 0 Å². The van der Waals surface area contributed by atoms with E-state index in [4.69, 9.17) is 0 Å². The average molecular weight is 328 g/mol. The zero-order chi connectivity index (χ0) is 17.3. The van der Waals surface area contributed by atoms with Gasteiger partial charge in [-0.05, 0) is 58.6 Å². The van der Waals surface area contributed by atoms with Gasteiger partial charge in [0.2, 0.25) is 0 Å². The van der Waals surface area contributed by atoms with E-state index in [1.807, 2.05) is 23.2 Å². The molecule has 0 unspecified atom stereocenters. The Morgan fingerprint density at radius 2 is 1.88 bits per heavy atom. The summed E-state index contributed by atoms with van der Waals surface area (Å²) in [6.45, 7) is 7.88. The second-order valence-electron chi connectivity index (χ2n) is 6.73. The number of rotatable bonds is 5. The molecule has 2 aromatic heterocycles. The molecule has 0 radical (unpaired) electrons. The average Bonchev–Trinajstić information content (AvgIpc) is 3.22. The number of likely N-dealkylation sites (tertiary alicyclic amines) is 1. The highest BCUT2D eigenvalue weighted by atomic mass is 16.2. The second-order valence-corrected chi connectivity index (χ2v) is 6.73. The van der Waals surface area contributed by atoms with Gasteiger partial charge >= 0.3 is 0 Å². The number of pyridine rings is 1. The first kappa shape index (κ1) is 16.8. The van der Waals surface area contributed by atoms with Crippen molar-refractivity contribution in [3.8, 4) is 0 Å². The lowest BCUT2D eigenvalue weighted by Gasteiger charge is -2.22. The molecule has 130 valence electrons. The Hall–Kier alpha value is -2.01. The zero-order valence-corrected chi connectivity index (χ0v) is 15.2. The molecule has 24 heavy (non-hydrogen) atoms. The van der Waals surface area contributed by atoms with Gasteiger partial charge in [-0.3, -0.25) is 4.79 Å². The Labute approximate surface area is 144 Å². The molecule has 0 spiro atoms. The minimum atomic E-state index is 0.139. The van der Waals surface area contributed by atoms with Crippen molar-refractivity contribution in [2.45, 2.75) is 26.3 Å². The third-order valence-corrected chi connectivity index (χ3v) is 5.15. The third kappa shape index (κ3) is 3.00. The van der Waals surface area contributed by atoms with Gasteiger partial charge in [0.1, 0.15) is 5.82 Å². The first-order valence-electron chi connectivity index (χ1n) is 8.87. The van der Waals surface area contributed by atoms with Crippen LogP contribution in [0.1, 0.15) is 30.6 Å². The van der Waals surface area contributed by atoms with Crippen LogP contribution in [0.25, 0.3) is 5.52 Å². The number of likely N-dealkylation sites (N-methyl/N-ethyl adjacent to an activating group) is 1. The smallest absolute Gasteiger partial charge is 0.255 e. The summed E-state index contributed by atoms with van der Waals surface area (Å²) in [7, 11) is 4.17. The summed E-state index contributed by atoms with van der Waals surface area (Å²) < 4.78 is 2.14. The molecule has 3 rings (SSSR count). The van der Waals surface area contributed by atoms with E-state index in [9.17, 15) is 4.79 Å². The van der Waals surface area contributed by atoms with Crippen LogP contribution in [-0.2, 0) is 0 Å². The third-order valence-electron chi connectivity index (χ3n) is 5.15. The van der Waals surface area contributed by atoms with E-state index in [0.717, 1.165) is 49.5 Å². The van der Waals surface area contributed by atoms with E-state index in [-0.39, 0.29) is 5.91 Å². The SMILES string of the molecule is CCN(CC)c1ccc2ccc(C(=O)N3CC[C@H](N(C)C)C3)cn12. The van der Waals surface area contributed by atoms with Crippen LogP contribution in [0.3, 0.4) is 0 Å². The standard InChI is InChI=1S/C19H28N4O/c1-5-21(6-2)18-10-9-16-8-7-15(13-23(16)18)19(24)22-12-11-17(14-22)20(3)4/h7-10,13,17H,5-6,11-12,14H2,1-4H3/t17-/m0/s1. The first-order chi connectivity index (χ1) is 11.5. The molecule has 2 aromatic rings. The largest absolute Gasteiger partial charge is 0.358 e. The van der Waals surface area contributed by atoms with Gasteiger partial charge in [0.05, 0.1) is 5.56 Å². The molecule has 0 bridgehead atoms. The molecule has 1 aliphatic rings. The topological polar surface area (TPSA) is 31.2 Å². The predicted molar refractivity (Wildman–Crippen MR) is 99.0 cm³/mol. The Morgan fingerprint density at radius 3 is 2.50 bits per heavy atom. The highest BCUT2D eigenvalue weighted by Gasteiger charge is 2.28. The Bertz CT molecular complexity index is 717. The maximum atomic E-state index is 12.9. The van der Waals surface area contributed by atoms with Crippen LogP contribution in [0.15, 0.2) is 30.5 Å². The Morgan fingerprint density at radius 1 is 1.17 bits per heavy atom. The summed E-state index contributed by atoms with van der Waals surface area (Å²) in [5.41, 5.74) is 1.90. The molecular weight excluding hydrogens is 300 g/mol. The number of hydrogen-bond donors (Lipinski definition) is 0. The number of carbonyl (C=O) groups excluding carboxylic acids is 1. The van der Waals surface area contributed by atoms with Crippen molar-refractivity contribution >= 4 is 17.2 Å². The van der Waals surface area contributed by atoms with Gasteiger partial charge in [-0.2, -0.15) is 0 Å². The van der Waals surface area contributed by atoms with Gasteiger partial charge < -0.3 is 19.1 Å². The highest BCUT2D eigenvalue weighted by Crippen LogP contribution is 2.22. The number of hydrogen-bond acceptors (Lipinski definition) is 3. The van der Waals surface area contributed by atoms with Gasteiger partial charge in [-0.25, -0.2) is 0 Å². The fraction of sp³-hybridized carbons (Fsp3) is 0.526. The van der Waals surface area contributed by atoms with Gasteiger partial charge in [-0.1, -0.05) is 0 Å². The number of nitrogens with zero attached hydrogens (tertiary/aromatic N) is 4. The van der Waals surface area contributed by atoms with Crippen LogP contribution in [0.2, 0.25) is 0 Å². The number of fused-ring (bicyclic) bond motifs is 1. The number of carbonyl (C=O) groups is 1. The van der Waals surface area contributed by atoms with Crippen LogP contribution in [0, 0.1) is 0 Å². The lowest BCUT2D eigenvalue weighted by molar-refractivity contribution is 0.0782. The molecule has 3 heterocycles. The maximum absolute atomic E-state index is 12.9. The minimum Gasteiger partial charge on any atom is -0.358 e. The Kier molecular flexibility index (Phi) is 4.81.